The van der Waals surface area contributed by atoms with Crippen LogP contribution in [-0.2, 0) is 4.79 Å². The van der Waals surface area contributed by atoms with Gasteiger partial charge in [-0.15, -0.1) is 0 Å². The molecule has 1 N–H and O–H groups in total. The first-order valence-corrected chi connectivity index (χ1v) is 4.39. The molecule has 0 saturated carbocycles. The molecule has 0 spiro atoms. The Hall–Kier alpha value is -0.370. The second-order valence-electron chi connectivity index (χ2n) is 2.95. The quantitative estimate of drug-likeness (QED) is 0.599. The molecule has 66 valence electrons. The summed E-state index contributed by atoms with van der Waals surface area (Å²) < 4.78 is 0. The molecule has 0 aliphatic heterocycles. The number of aliphatic hydroxyl groups excluding tert-OH is 1. The van der Waals surface area contributed by atoms with Gasteiger partial charge in [-0.1, -0.05) is 26.2 Å². The fourth-order valence-electron chi connectivity index (χ4n) is 0.935. The summed E-state index contributed by atoms with van der Waals surface area (Å²) in [5, 5.41) is 8.83. The summed E-state index contributed by atoms with van der Waals surface area (Å²) >= 11 is 0. The van der Waals surface area contributed by atoms with E-state index in [0.717, 1.165) is 12.8 Å². The molecule has 0 amide bonds. The van der Waals surface area contributed by atoms with Crippen LogP contribution in [0.5, 0.6) is 0 Å². The van der Waals surface area contributed by atoms with Gasteiger partial charge >= 0.3 is 0 Å². The Kier molecular flexibility index (Phi) is 6.13. The Labute approximate surface area is 68.6 Å². The second-order valence-corrected chi connectivity index (χ2v) is 2.95. The van der Waals surface area contributed by atoms with Crippen LogP contribution < -0.4 is 0 Å². The topological polar surface area (TPSA) is 37.3 Å². The molecule has 0 heterocycles. The van der Waals surface area contributed by atoms with Gasteiger partial charge in [0.05, 0.1) is 0 Å². The monoisotopic (exact) mass is 158 g/mol. The molecule has 0 fully saturated rings. The van der Waals surface area contributed by atoms with Gasteiger partial charge in [-0.25, -0.2) is 0 Å². The lowest BCUT2D eigenvalue weighted by Gasteiger charge is -2.01. The van der Waals surface area contributed by atoms with Gasteiger partial charge in [0.25, 0.3) is 0 Å². The lowest BCUT2D eigenvalue weighted by Crippen LogP contribution is -2.15. The maximum Gasteiger partial charge on any atom is 0.160 e. The molecule has 11 heavy (non-hydrogen) atoms. The van der Waals surface area contributed by atoms with E-state index in [1.165, 1.54) is 19.8 Å². The minimum absolute atomic E-state index is 0.0268. The van der Waals surface area contributed by atoms with Crippen LogP contribution in [-0.4, -0.2) is 17.0 Å². The Balaban J connectivity index is 3.18. The molecule has 0 aliphatic rings. The molecule has 0 rings (SSSR count). The Morgan fingerprint density at radius 3 is 2.45 bits per heavy atom. The lowest BCUT2D eigenvalue weighted by atomic mass is 10.1. The van der Waals surface area contributed by atoms with Crippen LogP contribution in [0.4, 0.5) is 0 Å². The number of hydrogen-bond acceptors (Lipinski definition) is 2. The fraction of sp³-hybridized carbons (Fsp3) is 0.889. The summed E-state index contributed by atoms with van der Waals surface area (Å²) in [6, 6.07) is 0. The van der Waals surface area contributed by atoms with Gasteiger partial charge in [0.15, 0.2) is 5.78 Å². The summed E-state index contributed by atoms with van der Waals surface area (Å²) in [7, 11) is 0. The van der Waals surface area contributed by atoms with E-state index in [9.17, 15) is 4.79 Å². The van der Waals surface area contributed by atoms with E-state index in [0.29, 0.717) is 6.42 Å². The number of hydrogen-bond donors (Lipinski definition) is 1. The fourth-order valence-corrected chi connectivity index (χ4v) is 0.935. The highest BCUT2D eigenvalue weighted by Gasteiger charge is 2.06. The number of ketones is 1. The number of carbonyl (C=O) groups is 1. The standard InChI is InChI=1S/C9H18O2/c1-3-4-5-6-7-9(11)8(2)10/h8,10H,3-7H2,1-2H3/t8-/m1/s1. The van der Waals surface area contributed by atoms with Crippen LogP contribution in [0.3, 0.4) is 0 Å². The summed E-state index contributed by atoms with van der Waals surface area (Å²) in [6.07, 6.45) is 4.18. The van der Waals surface area contributed by atoms with Crippen LogP contribution >= 0.6 is 0 Å². The molecule has 2 heteroatoms. The third-order valence-corrected chi connectivity index (χ3v) is 1.74. The van der Waals surface area contributed by atoms with Crippen molar-refractivity contribution in [2.75, 3.05) is 0 Å². The van der Waals surface area contributed by atoms with Crippen LogP contribution in [0.15, 0.2) is 0 Å². The van der Waals surface area contributed by atoms with E-state index < -0.39 is 6.10 Å². The molecule has 0 bridgehead atoms. The van der Waals surface area contributed by atoms with Gasteiger partial charge in [0.2, 0.25) is 0 Å². The van der Waals surface area contributed by atoms with Gasteiger partial charge in [0.1, 0.15) is 6.10 Å². The van der Waals surface area contributed by atoms with Crippen molar-refractivity contribution in [1.29, 1.82) is 0 Å². The summed E-state index contributed by atoms with van der Waals surface area (Å²) in [6.45, 7) is 3.67. The van der Waals surface area contributed by atoms with Crippen LogP contribution in [0.1, 0.15) is 46.0 Å². The van der Waals surface area contributed by atoms with Crippen molar-refractivity contribution in [1.82, 2.24) is 0 Å². The predicted octanol–water partition coefficient (Wildman–Crippen LogP) is 1.91. The smallest absolute Gasteiger partial charge is 0.160 e. The van der Waals surface area contributed by atoms with Gasteiger partial charge in [-0.05, 0) is 13.3 Å². The average Bonchev–Trinajstić information content (AvgIpc) is 1.97. The van der Waals surface area contributed by atoms with Crippen LogP contribution in [0, 0.1) is 0 Å². The zero-order chi connectivity index (χ0) is 8.69. The summed E-state index contributed by atoms with van der Waals surface area (Å²) in [4.78, 5) is 10.9. The zero-order valence-electron chi connectivity index (χ0n) is 7.47. The minimum Gasteiger partial charge on any atom is -0.386 e. The minimum atomic E-state index is -0.767. The Morgan fingerprint density at radius 1 is 1.36 bits per heavy atom. The van der Waals surface area contributed by atoms with E-state index in [4.69, 9.17) is 5.11 Å². The van der Waals surface area contributed by atoms with Crippen molar-refractivity contribution in [2.45, 2.75) is 52.1 Å². The van der Waals surface area contributed by atoms with Gasteiger partial charge < -0.3 is 5.11 Å². The van der Waals surface area contributed by atoms with Crippen molar-refractivity contribution in [3.8, 4) is 0 Å². The van der Waals surface area contributed by atoms with E-state index >= 15 is 0 Å². The summed E-state index contributed by atoms with van der Waals surface area (Å²) in [5.41, 5.74) is 0. The highest BCUT2D eigenvalue weighted by molar-refractivity contribution is 5.82. The lowest BCUT2D eigenvalue weighted by molar-refractivity contribution is -0.126. The second kappa shape index (κ2) is 6.35. The third kappa shape index (κ3) is 6.05. The molecule has 0 aromatic heterocycles. The van der Waals surface area contributed by atoms with Gasteiger partial charge in [-0.3, -0.25) is 4.79 Å². The summed E-state index contributed by atoms with van der Waals surface area (Å²) in [5.74, 6) is -0.0268. The Bertz CT molecular complexity index is 108. The first-order valence-electron chi connectivity index (χ1n) is 4.39. The van der Waals surface area contributed by atoms with Gasteiger partial charge in [0, 0.05) is 6.42 Å². The van der Waals surface area contributed by atoms with E-state index in [-0.39, 0.29) is 5.78 Å². The highest BCUT2D eigenvalue weighted by atomic mass is 16.3. The van der Waals surface area contributed by atoms with Crippen LogP contribution in [0.25, 0.3) is 0 Å². The third-order valence-electron chi connectivity index (χ3n) is 1.74. The van der Waals surface area contributed by atoms with E-state index in [1.54, 1.807) is 0 Å². The maximum absolute atomic E-state index is 10.9. The number of Topliss-reactive ketones (excluding diaryl/α,β-unsaturated/α-hetero) is 1. The SMILES string of the molecule is CCCCCCC(=O)[C@@H](C)O. The average molecular weight is 158 g/mol. The molecule has 0 radical (unpaired) electrons. The molecule has 1 atom stereocenters. The first kappa shape index (κ1) is 10.6. The number of rotatable bonds is 6. The highest BCUT2D eigenvalue weighted by Crippen LogP contribution is 2.04. The van der Waals surface area contributed by atoms with Crippen molar-refractivity contribution >= 4 is 5.78 Å². The molecule has 0 unspecified atom stereocenters. The van der Waals surface area contributed by atoms with Crippen molar-refractivity contribution in [2.24, 2.45) is 0 Å². The number of aliphatic hydroxyl groups is 1. The van der Waals surface area contributed by atoms with E-state index in [1.807, 2.05) is 0 Å². The molecule has 0 saturated heterocycles. The maximum atomic E-state index is 10.9. The molecule has 0 aromatic carbocycles. The first-order chi connectivity index (χ1) is 5.18. The molecular formula is C9H18O2. The number of unbranched alkanes of at least 4 members (excludes halogenated alkanes) is 3. The molecule has 0 aromatic rings. The Morgan fingerprint density at radius 2 is 2.00 bits per heavy atom. The predicted molar refractivity (Wildman–Crippen MR) is 45.4 cm³/mol. The molecule has 2 nitrogen and oxygen atoms in total. The zero-order valence-corrected chi connectivity index (χ0v) is 7.47. The van der Waals surface area contributed by atoms with Gasteiger partial charge in [-0.2, -0.15) is 0 Å². The van der Waals surface area contributed by atoms with Crippen molar-refractivity contribution in [3.63, 3.8) is 0 Å². The normalized spacial score (nSPS) is 13.0. The molecular weight excluding hydrogens is 140 g/mol. The van der Waals surface area contributed by atoms with E-state index in [2.05, 4.69) is 6.92 Å². The van der Waals surface area contributed by atoms with Crippen molar-refractivity contribution in [3.05, 3.63) is 0 Å². The number of carbonyl (C=O) groups excluding carboxylic acids is 1. The van der Waals surface area contributed by atoms with Crippen LogP contribution in [0.2, 0.25) is 0 Å². The largest absolute Gasteiger partial charge is 0.386 e. The molecule has 0 aliphatic carbocycles. The van der Waals surface area contributed by atoms with Crippen molar-refractivity contribution < 1.29 is 9.90 Å².